The molecule has 3 rings (SSSR count). The predicted molar refractivity (Wildman–Crippen MR) is 112 cm³/mol. The molecule has 0 radical (unpaired) electrons. The van der Waals surface area contributed by atoms with Crippen molar-refractivity contribution in [3.8, 4) is 5.75 Å². The van der Waals surface area contributed by atoms with E-state index in [0.717, 1.165) is 11.3 Å². The maximum Gasteiger partial charge on any atom is 0.341 e. The summed E-state index contributed by atoms with van der Waals surface area (Å²) in [7, 11) is 1.57. The van der Waals surface area contributed by atoms with E-state index < -0.39 is 18.0 Å². The van der Waals surface area contributed by atoms with E-state index >= 15 is 0 Å². The number of carbonyl (C=O) groups excluding carboxylic acids is 2. The van der Waals surface area contributed by atoms with Crippen molar-refractivity contribution < 1.29 is 23.5 Å². The van der Waals surface area contributed by atoms with Crippen LogP contribution in [0.3, 0.4) is 0 Å². The molecule has 1 amide bonds. The number of amides is 1. The SMILES string of the molecule is COc1ccccc1CNC(=O)[C@H](C)OC(=O)c1ccccc1NCc1ccco1. The first kappa shape index (κ1) is 21.0. The van der Waals surface area contributed by atoms with E-state index in [0.29, 0.717) is 23.5 Å². The zero-order valence-corrected chi connectivity index (χ0v) is 16.9. The number of anilines is 1. The highest BCUT2D eigenvalue weighted by atomic mass is 16.5. The maximum absolute atomic E-state index is 12.6. The van der Waals surface area contributed by atoms with Gasteiger partial charge in [0.05, 0.1) is 25.5 Å². The highest BCUT2D eigenvalue weighted by Crippen LogP contribution is 2.19. The molecule has 0 aliphatic carbocycles. The fourth-order valence-corrected chi connectivity index (χ4v) is 2.86. The van der Waals surface area contributed by atoms with Gasteiger partial charge in [-0.25, -0.2) is 4.79 Å². The number of esters is 1. The van der Waals surface area contributed by atoms with Crippen LogP contribution >= 0.6 is 0 Å². The average molecular weight is 408 g/mol. The Balaban J connectivity index is 1.57. The zero-order chi connectivity index (χ0) is 21.3. The van der Waals surface area contributed by atoms with Gasteiger partial charge in [0.1, 0.15) is 11.5 Å². The second-order valence-electron chi connectivity index (χ2n) is 6.56. The molecule has 0 aliphatic heterocycles. The van der Waals surface area contributed by atoms with E-state index in [1.807, 2.05) is 36.4 Å². The summed E-state index contributed by atoms with van der Waals surface area (Å²) in [6, 6.07) is 18.0. The molecule has 0 aliphatic rings. The topological polar surface area (TPSA) is 89.8 Å². The lowest BCUT2D eigenvalue weighted by atomic mass is 10.1. The van der Waals surface area contributed by atoms with Crippen LogP contribution in [0.15, 0.2) is 71.3 Å². The minimum absolute atomic E-state index is 0.270. The average Bonchev–Trinajstić information content (AvgIpc) is 3.30. The smallest absolute Gasteiger partial charge is 0.341 e. The molecule has 7 heteroatoms. The van der Waals surface area contributed by atoms with Crippen LogP contribution in [0.1, 0.15) is 28.6 Å². The summed E-state index contributed by atoms with van der Waals surface area (Å²) in [5.74, 6) is 0.439. The van der Waals surface area contributed by atoms with E-state index in [1.165, 1.54) is 6.92 Å². The van der Waals surface area contributed by atoms with Gasteiger partial charge in [-0.2, -0.15) is 0 Å². The number of rotatable bonds is 9. The molecular weight excluding hydrogens is 384 g/mol. The van der Waals surface area contributed by atoms with Crippen molar-refractivity contribution >= 4 is 17.6 Å². The molecule has 1 atom stereocenters. The van der Waals surface area contributed by atoms with Crippen LogP contribution in [0, 0.1) is 0 Å². The van der Waals surface area contributed by atoms with Crippen LogP contribution in [0.4, 0.5) is 5.69 Å². The highest BCUT2D eigenvalue weighted by molar-refractivity contribution is 5.97. The minimum atomic E-state index is -0.953. The number of furan rings is 1. The molecule has 0 unspecified atom stereocenters. The highest BCUT2D eigenvalue weighted by Gasteiger charge is 2.21. The van der Waals surface area contributed by atoms with Gasteiger partial charge in [0.2, 0.25) is 0 Å². The van der Waals surface area contributed by atoms with E-state index in [1.54, 1.807) is 37.6 Å². The Labute approximate surface area is 175 Å². The number of benzene rings is 2. The molecule has 1 aromatic heterocycles. The molecule has 2 N–H and O–H groups in total. The lowest BCUT2D eigenvalue weighted by Gasteiger charge is -2.16. The lowest BCUT2D eigenvalue weighted by molar-refractivity contribution is -0.129. The van der Waals surface area contributed by atoms with Gasteiger partial charge < -0.3 is 24.5 Å². The second kappa shape index (κ2) is 10.2. The Bertz CT molecular complexity index is 985. The summed E-state index contributed by atoms with van der Waals surface area (Å²) in [4.78, 5) is 25.0. The molecule has 156 valence electrons. The van der Waals surface area contributed by atoms with Gasteiger partial charge in [0.15, 0.2) is 6.10 Å². The molecule has 3 aromatic rings. The van der Waals surface area contributed by atoms with Crippen molar-refractivity contribution in [2.75, 3.05) is 12.4 Å². The summed E-state index contributed by atoms with van der Waals surface area (Å²) in [5, 5.41) is 5.91. The second-order valence-corrected chi connectivity index (χ2v) is 6.56. The van der Waals surface area contributed by atoms with Crippen molar-refractivity contribution in [2.24, 2.45) is 0 Å². The Morgan fingerprint density at radius 2 is 1.77 bits per heavy atom. The van der Waals surface area contributed by atoms with Gasteiger partial charge in [-0.3, -0.25) is 4.79 Å². The largest absolute Gasteiger partial charge is 0.496 e. The van der Waals surface area contributed by atoms with Gasteiger partial charge >= 0.3 is 5.97 Å². The van der Waals surface area contributed by atoms with Gasteiger partial charge in [-0.15, -0.1) is 0 Å². The Morgan fingerprint density at radius 1 is 1.00 bits per heavy atom. The minimum Gasteiger partial charge on any atom is -0.496 e. The van der Waals surface area contributed by atoms with Gasteiger partial charge in [0, 0.05) is 17.8 Å². The maximum atomic E-state index is 12.6. The van der Waals surface area contributed by atoms with E-state index in [4.69, 9.17) is 13.9 Å². The third kappa shape index (κ3) is 5.41. The van der Waals surface area contributed by atoms with E-state index in [2.05, 4.69) is 10.6 Å². The number of ether oxygens (including phenoxy) is 2. The number of methoxy groups -OCH3 is 1. The molecular formula is C23H24N2O5. The summed E-state index contributed by atoms with van der Waals surface area (Å²) in [5.41, 5.74) is 1.77. The van der Waals surface area contributed by atoms with Crippen molar-refractivity contribution in [3.63, 3.8) is 0 Å². The molecule has 2 aromatic carbocycles. The quantitative estimate of drug-likeness (QED) is 0.524. The lowest BCUT2D eigenvalue weighted by Crippen LogP contribution is -2.35. The van der Waals surface area contributed by atoms with Crippen LogP contribution in [0.5, 0.6) is 5.75 Å². The molecule has 0 spiro atoms. The summed E-state index contributed by atoms with van der Waals surface area (Å²) in [6.07, 6.45) is 0.632. The summed E-state index contributed by atoms with van der Waals surface area (Å²) >= 11 is 0. The summed E-state index contributed by atoms with van der Waals surface area (Å²) in [6.45, 7) is 2.23. The van der Waals surface area contributed by atoms with Gasteiger partial charge in [-0.1, -0.05) is 30.3 Å². The van der Waals surface area contributed by atoms with Gasteiger partial charge in [-0.05, 0) is 37.3 Å². The number of hydrogen-bond donors (Lipinski definition) is 2. The molecule has 0 fully saturated rings. The van der Waals surface area contributed by atoms with Gasteiger partial charge in [0.25, 0.3) is 5.91 Å². The molecule has 0 saturated heterocycles. The fourth-order valence-electron chi connectivity index (χ4n) is 2.86. The fraction of sp³-hybridized carbons (Fsp3) is 0.217. The van der Waals surface area contributed by atoms with Crippen molar-refractivity contribution in [1.29, 1.82) is 0 Å². The first-order valence-corrected chi connectivity index (χ1v) is 9.54. The van der Waals surface area contributed by atoms with Crippen LogP contribution in [0.2, 0.25) is 0 Å². The Morgan fingerprint density at radius 3 is 2.53 bits per heavy atom. The first-order valence-electron chi connectivity index (χ1n) is 9.54. The Kier molecular flexibility index (Phi) is 7.10. The van der Waals surface area contributed by atoms with E-state index in [9.17, 15) is 9.59 Å². The molecule has 1 heterocycles. The van der Waals surface area contributed by atoms with Crippen LogP contribution < -0.4 is 15.4 Å². The molecule has 30 heavy (non-hydrogen) atoms. The third-order valence-electron chi connectivity index (χ3n) is 4.48. The van der Waals surface area contributed by atoms with E-state index in [-0.39, 0.29) is 6.54 Å². The monoisotopic (exact) mass is 408 g/mol. The van der Waals surface area contributed by atoms with Crippen LogP contribution in [0.25, 0.3) is 0 Å². The normalized spacial score (nSPS) is 11.4. The number of hydrogen-bond acceptors (Lipinski definition) is 6. The van der Waals surface area contributed by atoms with Crippen LogP contribution in [-0.4, -0.2) is 25.1 Å². The Hall–Kier alpha value is -3.74. The standard InChI is InChI=1S/C23H24N2O5/c1-16(22(26)25-14-17-8-3-6-12-21(17)28-2)30-23(27)19-10-4-5-11-20(19)24-15-18-9-7-13-29-18/h3-13,16,24H,14-15H2,1-2H3,(H,25,26)/t16-/m0/s1. The number of carbonyl (C=O) groups is 2. The summed E-state index contributed by atoms with van der Waals surface area (Å²) < 4.78 is 15.9. The number of nitrogens with one attached hydrogen (secondary N) is 2. The number of para-hydroxylation sites is 2. The van der Waals surface area contributed by atoms with Crippen LogP contribution in [-0.2, 0) is 22.6 Å². The van der Waals surface area contributed by atoms with Crippen molar-refractivity contribution in [2.45, 2.75) is 26.1 Å². The molecule has 7 nitrogen and oxygen atoms in total. The molecule has 0 saturated carbocycles. The zero-order valence-electron chi connectivity index (χ0n) is 16.9. The van der Waals surface area contributed by atoms with Crippen molar-refractivity contribution in [1.82, 2.24) is 5.32 Å². The van der Waals surface area contributed by atoms with Crippen molar-refractivity contribution in [3.05, 3.63) is 83.8 Å². The molecule has 0 bridgehead atoms. The first-order chi connectivity index (χ1) is 14.6. The predicted octanol–water partition coefficient (Wildman–Crippen LogP) is 3.76. The third-order valence-corrected chi connectivity index (χ3v) is 4.48.